The van der Waals surface area contributed by atoms with E-state index < -0.39 is 12.0 Å². The third-order valence-electron chi connectivity index (χ3n) is 3.55. The second-order valence-corrected chi connectivity index (χ2v) is 4.95. The number of ether oxygens (including phenoxy) is 1. The largest absolute Gasteiger partial charge is 0.497 e. The number of carboxylic acids is 1. The normalized spacial score (nSPS) is 13.3. The molecule has 0 aromatic heterocycles. The van der Waals surface area contributed by atoms with Gasteiger partial charge in [-0.1, -0.05) is 26.0 Å². The number of amides is 1. The van der Waals surface area contributed by atoms with E-state index in [-0.39, 0.29) is 18.2 Å². The first-order chi connectivity index (χ1) is 10.0. The van der Waals surface area contributed by atoms with Gasteiger partial charge in [-0.25, -0.2) is 4.79 Å². The topological polar surface area (TPSA) is 75.6 Å². The number of rotatable bonds is 8. The molecule has 1 amide bonds. The summed E-state index contributed by atoms with van der Waals surface area (Å²) in [5.41, 5.74) is 1.05. The lowest BCUT2D eigenvalue weighted by molar-refractivity contribution is -0.141. The van der Waals surface area contributed by atoms with Crippen molar-refractivity contribution in [1.82, 2.24) is 5.32 Å². The smallest absolute Gasteiger partial charge is 0.326 e. The number of carbonyl (C=O) groups excluding carboxylic acids is 1. The highest BCUT2D eigenvalue weighted by Gasteiger charge is 2.20. The maximum atomic E-state index is 12.0. The van der Waals surface area contributed by atoms with Crippen LogP contribution in [0.3, 0.4) is 0 Å². The summed E-state index contributed by atoms with van der Waals surface area (Å²) in [4.78, 5) is 22.9. The Labute approximate surface area is 125 Å². The van der Waals surface area contributed by atoms with Crippen molar-refractivity contribution >= 4 is 11.9 Å². The van der Waals surface area contributed by atoms with Crippen molar-refractivity contribution in [2.45, 2.75) is 45.1 Å². The summed E-state index contributed by atoms with van der Waals surface area (Å²) in [7, 11) is 1.61. The Kier molecular flexibility index (Phi) is 6.72. The van der Waals surface area contributed by atoms with E-state index in [1.54, 1.807) is 14.0 Å². The summed E-state index contributed by atoms with van der Waals surface area (Å²) in [6, 6.07) is 6.79. The molecule has 2 unspecified atom stereocenters. The molecule has 0 saturated heterocycles. The van der Waals surface area contributed by atoms with Gasteiger partial charge in [0.2, 0.25) is 5.91 Å². The third kappa shape index (κ3) is 5.10. The molecule has 2 atom stereocenters. The maximum absolute atomic E-state index is 12.0. The Morgan fingerprint density at radius 3 is 2.24 bits per heavy atom. The molecule has 116 valence electrons. The Bertz CT molecular complexity index is 470. The van der Waals surface area contributed by atoms with E-state index in [1.165, 1.54) is 0 Å². The van der Waals surface area contributed by atoms with Crippen LogP contribution in [0.5, 0.6) is 5.75 Å². The molecule has 0 radical (unpaired) electrons. The van der Waals surface area contributed by atoms with Gasteiger partial charge in [-0.2, -0.15) is 0 Å². The maximum Gasteiger partial charge on any atom is 0.326 e. The van der Waals surface area contributed by atoms with Crippen molar-refractivity contribution in [3.63, 3.8) is 0 Å². The molecule has 1 aromatic rings. The molecule has 21 heavy (non-hydrogen) atoms. The summed E-state index contributed by atoms with van der Waals surface area (Å²) in [5.74, 6) is -0.382. The minimum absolute atomic E-state index is 0.0715. The molecule has 1 aromatic carbocycles. The van der Waals surface area contributed by atoms with E-state index in [4.69, 9.17) is 9.84 Å². The first-order valence-electron chi connectivity index (χ1n) is 7.17. The van der Waals surface area contributed by atoms with Gasteiger partial charge in [-0.05, 0) is 36.5 Å². The zero-order valence-electron chi connectivity index (χ0n) is 12.8. The number of aliphatic carboxylic acids is 1. The van der Waals surface area contributed by atoms with Crippen molar-refractivity contribution < 1.29 is 19.4 Å². The number of benzene rings is 1. The van der Waals surface area contributed by atoms with E-state index in [2.05, 4.69) is 5.32 Å². The molecule has 5 heteroatoms. The van der Waals surface area contributed by atoms with E-state index in [1.807, 2.05) is 31.2 Å². The molecule has 0 heterocycles. The van der Waals surface area contributed by atoms with Crippen molar-refractivity contribution in [2.24, 2.45) is 0 Å². The summed E-state index contributed by atoms with van der Waals surface area (Å²) in [6.07, 6.45) is 1.47. The summed E-state index contributed by atoms with van der Waals surface area (Å²) in [6.45, 7) is 3.75. The Hall–Kier alpha value is -2.04. The summed E-state index contributed by atoms with van der Waals surface area (Å²) < 4.78 is 5.11. The van der Waals surface area contributed by atoms with Gasteiger partial charge in [0.1, 0.15) is 11.8 Å². The van der Waals surface area contributed by atoms with E-state index in [0.29, 0.717) is 6.42 Å². The molecule has 0 aliphatic heterocycles. The van der Waals surface area contributed by atoms with Gasteiger partial charge in [0, 0.05) is 6.42 Å². The highest BCUT2D eigenvalue weighted by atomic mass is 16.5. The predicted octanol–water partition coefficient (Wildman–Crippen LogP) is 2.56. The highest BCUT2D eigenvalue weighted by Crippen LogP contribution is 2.25. The Morgan fingerprint density at radius 1 is 1.19 bits per heavy atom. The standard InChI is InChI=1S/C16H23NO4/c1-4-11(12-6-8-13(21-3)9-7-12)10-15(18)17-14(5-2)16(19)20/h6-9,11,14H,4-5,10H2,1-3H3,(H,17,18)(H,19,20). The second-order valence-electron chi connectivity index (χ2n) is 4.95. The molecule has 0 aliphatic carbocycles. The highest BCUT2D eigenvalue weighted by molar-refractivity contribution is 5.83. The molecule has 0 aliphatic rings. The van der Waals surface area contributed by atoms with E-state index in [9.17, 15) is 9.59 Å². The van der Waals surface area contributed by atoms with Crippen LogP contribution in [0.4, 0.5) is 0 Å². The lowest BCUT2D eigenvalue weighted by Crippen LogP contribution is -2.40. The fraction of sp³-hybridized carbons (Fsp3) is 0.500. The van der Waals surface area contributed by atoms with Gasteiger partial charge in [0.25, 0.3) is 0 Å². The molecule has 0 bridgehead atoms. The van der Waals surface area contributed by atoms with Crippen LogP contribution in [-0.2, 0) is 9.59 Å². The number of nitrogens with one attached hydrogen (secondary N) is 1. The predicted molar refractivity (Wildman–Crippen MR) is 80.5 cm³/mol. The van der Waals surface area contributed by atoms with Crippen LogP contribution >= 0.6 is 0 Å². The minimum Gasteiger partial charge on any atom is -0.497 e. The van der Waals surface area contributed by atoms with Crippen LogP contribution in [0.1, 0.15) is 44.6 Å². The van der Waals surface area contributed by atoms with Gasteiger partial charge in [0.05, 0.1) is 7.11 Å². The first kappa shape index (κ1) is 17.0. The lowest BCUT2D eigenvalue weighted by Gasteiger charge is -2.18. The lowest BCUT2D eigenvalue weighted by atomic mass is 9.92. The minimum atomic E-state index is -0.997. The number of hydrogen-bond acceptors (Lipinski definition) is 3. The van der Waals surface area contributed by atoms with Crippen LogP contribution in [0.15, 0.2) is 24.3 Å². The Balaban J connectivity index is 2.68. The molecule has 1 rings (SSSR count). The monoisotopic (exact) mass is 293 g/mol. The van der Waals surface area contributed by atoms with Crippen molar-refractivity contribution in [3.8, 4) is 5.75 Å². The van der Waals surface area contributed by atoms with Crippen LogP contribution < -0.4 is 10.1 Å². The van der Waals surface area contributed by atoms with E-state index >= 15 is 0 Å². The van der Waals surface area contributed by atoms with Gasteiger partial charge in [-0.15, -0.1) is 0 Å². The van der Waals surface area contributed by atoms with Crippen LogP contribution in [0, 0.1) is 0 Å². The number of carbonyl (C=O) groups is 2. The SMILES string of the molecule is CCC(NC(=O)CC(CC)c1ccc(OC)cc1)C(=O)O. The molecular formula is C16H23NO4. The first-order valence-corrected chi connectivity index (χ1v) is 7.17. The average molecular weight is 293 g/mol. The van der Waals surface area contributed by atoms with E-state index in [0.717, 1.165) is 17.7 Å². The molecule has 5 nitrogen and oxygen atoms in total. The van der Waals surface area contributed by atoms with Crippen molar-refractivity contribution in [3.05, 3.63) is 29.8 Å². The van der Waals surface area contributed by atoms with Crippen molar-refractivity contribution in [1.29, 1.82) is 0 Å². The van der Waals surface area contributed by atoms with Crippen molar-refractivity contribution in [2.75, 3.05) is 7.11 Å². The number of methoxy groups -OCH3 is 1. The fourth-order valence-corrected chi connectivity index (χ4v) is 2.19. The third-order valence-corrected chi connectivity index (χ3v) is 3.55. The molecule has 0 fully saturated rings. The number of carboxylic acid groups (broad SMARTS) is 1. The summed E-state index contributed by atoms with van der Waals surface area (Å²) in [5, 5.41) is 11.5. The Morgan fingerprint density at radius 2 is 1.81 bits per heavy atom. The van der Waals surface area contributed by atoms with Gasteiger partial charge in [-0.3, -0.25) is 4.79 Å². The zero-order chi connectivity index (χ0) is 15.8. The second kappa shape index (κ2) is 8.29. The van der Waals surface area contributed by atoms with Crippen LogP contribution in [0.25, 0.3) is 0 Å². The van der Waals surface area contributed by atoms with Gasteiger partial charge < -0.3 is 15.2 Å². The number of hydrogen-bond donors (Lipinski definition) is 2. The van der Waals surface area contributed by atoms with Crippen LogP contribution in [-0.4, -0.2) is 30.1 Å². The van der Waals surface area contributed by atoms with Gasteiger partial charge in [0.15, 0.2) is 0 Å². The van der Waals surface area contributed by atoms with Crippen LogP contribution in [0.2, 0.25) is 0 Å². The molecule has 0 spiro atoms. The van der Waals surface area contributed by atoms with Gasteiger partial charge >= 0.3 is 5.97 Å². The summed E-state index contributed by atoms with van der Waals surface area (Å²) >= 11 is 0. The zero-order valence-corrected chi connectivity index (χ0v) is 12.8. The molecule has 2 N–H and O–H groups in total. The molecule has 0 saturated carbocycles. The average Bonchev–Trinajstić information content (AvgIpc) is 2.50. The fourth-order valence-electron chi connectivity index (χ4n) is 2.19. The quantitative estimate of drug-likeness (QED) is 0.772. The molecular weight excluding hydrogens is 270 g/mol.